The molecule has 23 heavy (non-hydrogen) atoms. The maximum absolute atomic E-state index is 6.27. The SMILES string of the molecule is CSc1nn2c(-c3ccc(C)cc3)nc3ccccc3c2[n+]1N. The van der Waals surface area contributed by atoms with Crippen LogP contribution in [-0.4, -0.2) is 20.9 Å². The first-order valence-corrected chi connectivity index (χ1v) is 8.51. The molecular formula is C17H16N5S+. The Labute approximate surface area is 137 Å². The van der Waals surface area contributed by atoms with Crippen LogP contribution in [0.25, 0.3) is 27.9 Å². The lowest BCUT2D eigenvalue weighted by molar-refractivity contribution is -0.651. The molecule has 0 atom stereocenters. The number of aryl methyl sites for hydroxylation is 1. The number of nitrogen functional groups attached to an aromatic ring is 1. The lowest BCUT2D eigenvalue weighted by atomic mass is 10.1. The van der Waals surface area contributed by atoms with Crippen LogP contribution in [0.1, 0.15) is 5.56 Å². The Balaban J connectivity index is 2.15. The van der Waals surface area contributed by atoms with Crippen molar-refractivity contribution < 1.29 is 4.68 Å². The van der Waals surface area contributed by atoms with Crippen LogP contribution in [-0.2, 0) is 0 Å². The third kappa shape index (κ3) is 2.14. The average molecular weight is 322 g/mol. The highest BCUT2D eigenvalue weighted by Crippen LogP contribution is 2.24. The molecule has 0 aliphatic carbocycles. The van der Waals surface area contributed by atoms with Crippen LogP contribution >= 0.6 is 11.8 Å². The summed E-state index contributed by atoms with van der Waals surface area (Å²) in [6.45, 7) is 2.07. The number of hydrogen-bond donors (Lipinski definition) is 1. The maximum atomic E-state index is 6.27. The Morgan fingerprint density at radius 2 is 1.83 bits per heavy atom. The monoisotopic (exact) mass is 322 g/mol. The molecule has 0 amide bonds. The zero-order valence-electron chi connectivity index (χ0n) is 12.9. The van der Waals surface area contributed by atoms with Crippen LogP contribution in [0, 0.1) is 6.92 Å². The first kappa shape index (κ1) is 14.0. The summed E-state index contributed by atoms with van der Waals surface area (Å²) >= 11 is 1.51. The molecule has 114 valence electrons. The smallest absolute Gasteiger partial charge is 0.288 e. The fourth-order valence-electron chi connectivity index (χ4n) is 2.72. The lowest BCUT2D eigenvalue weighted by Gasteiger charge is -2.03. The van der Waals surface area contributed by atoms with Crippen molar-refractivity contribution in [3.8, 4) is 11.4 Å². The molecule has 2 aromatic heterocycles. The molecule has 2 heterocycles. The number of nitrogens with zero attached hydrogens (tertiary/aromatic N) is 4. The summed E-state index contributed by atoms with van der Waals surface area (Å²) in [5.41, 5.74) is 3.98. The van der Waals surface area contributed by atoms with Crippen molar-refractivity contribution in [2.45, 2.75) is 12.1 Å². The van der Waals surface area contributed by atoms with E-state index in [1.54, 1.807) is 4.68 Å². The molecule has 0 fully saturated rings. The Morgan fingerprint density at radius 1 is 1.09 bits per heavy atom. The van der Waals surface area contributed by atoms with Crippen molar-refractivity contribution in [1.82, 2.24) is 14.6 Å². The summed E-state index contributed by atoms with van der Waals surface area (Å²) in [6, 6.07) is 16.3. The van der Waals surface area contributed by atoms with Gasteiger partial charge in [-0.3, -0.25) is 5.84 Å². The molecule has 0 unspecified atom stereocenters. The van der Waals surface area contributed by atoms with E-state index in [1.165, 1.54) is 17.3 Å². The highest BCUT2D eigenvalue weighted by atomic mass is 32.2. The zero-order valence-corrected chi connectivity index (χ0v) is 13.7. The van der Waals surface area contributed by atoms with Gasteiger partial charge >= 0.3 is 5.16 Å². The number of aromatic nitrogens is 4. The molecule has 4 aromatic rings. The van der Waals surface area contributed by atoms with E-state index in [4.69, 9.17) is 10.8 Å². The molecule has 4 rings (SSSR count). The molecule has 5 nitrogen and oxygen atoms in total. The first-order valence-electron chi connectivity index (χ1n) is 7.28. The molecule has 0 aliphatic heterocycles. The van der Waals surface area contributed by atoms with Crippen LogP contribution in [0.5, 0.6) is 0 Å². The zero-order chi connectivity index (χ0) is 16.0. The van der Waals surface area contributed by atoms with Gasteiger partial charge in [0.2, 0.25) is 5.82 Å². The minimum atomic E-state index is 0.747. The third-order valence-corrected chi connectivity index (χ3v) is 4.53. The van der Waals surface area contributed by atoms with Crippen LogP contribution < -0.4 is 10.5 Å². The van der Waals surface area contributed by atoms with E-state index in [0.29, 0.717) is 0 Å². The molecule has 0 radical (unpaired) electrons. The van der Waals surface area contributed by atoms with Crippen LogP contribution in [0.3, 0.4) is 0 Å². The van der Waals surface area contributed by atoms with Crippen LogP contribution in [0.2, 0.25) is 0 Å². The summed E-state index contributed by atoms with van der Waals surface area (Å²) in [5.74, 6) is 7.06. The predicted molar refractivity (Wildman–Crippen MR) is 92.8 cm³/mol. The van der Waals surface area contributed by atoms with Gasteiger partial charge < -0.3 is 0 Å². The predicted octanol–water partition coefficient (Wildman–Crippen LogP) is 2.58. The molecule has 0 saturated carbocycles. The lowest BCUT2D eigenvalue weighted by Crippen LogP contribution is -2.45. The van der Waals surface area contributed by atoms with E-state index in [-0.39, 0.29) is 0 Å². The second-order valence-electron chi connectivity index (χ2n) is 5.41. The summed E-state index contributed by atoms with van der Waals surface area (Å²) in [5, 5.41) is 6.37. The van der Waals surface area contributed by atoms with E-state index in [2.05, 4.69) is 36.3 Å². The van der Waals surface area contributed by atoms with Gasteiger partial charge in [0.25, 0.3) is 5.65 Å². The van der Waals surface area contributed by atoms with E-state index in [9.17, 15) is 0 Å². The van der Waals surface area contributed by atoms with Crippen molar-refractivity contribution >= 4 is 28.3 Å². The summed E-state index contributed by atoms with van der Waals surface area (Å²) in [7, 11) is 0. The molecule has 6 heteroatoms. The Hall–Kier alpha value is -2.60. The first-order chi connectivity index (χ1) is 11.2. The van der Waals surface area contributed by atoms with Crippen molar-refractivity contribution in [3.05, 3.63) is 54.1 Å². The second-order valence-corrected chi connectivity index (χ2v) is 6.18. The number of hydrogen-bond acceptors (Lipinski definition) is 4. The van der Waals surface area contributed by atoms with Gasteiger partial charge in [-0.1, -0.05) is 41.6 Å². The summed E-state index contributed by atoms with van der Waals surface area (Å²) < 4.78 is 3.46. The van der Waals surface area contributed by atoms with E-state index in [1.807, 2.05) is 35.0 Å². The molecule has 0 bridgehead atoms. The highest BCUT2D eigenvalue weighted by Gasteiger charge is 2.25. The Kier molecular flexibility index (Phi) is 3.20. The number of para-hydroxylation sites is 1. The van der Waals surface area contributed by atoms with E-state index >= 15 is 0 Å². The molecule has 2 N–H and O–H groups in total. The third-order valence-electron chi connectivity index (χ3n) is 3.88. The largest absolute Gasteiger partial charge is 0.358 e. The summed E-state index contributed by atoms with van der Waals surface area (Å²) in [6.07, 6.45) is 1.96. The van der Waals surface area contributed by atoms with Crippen molar-refractivity contribution in [3.63, 3.8) is 0 Å². The molecular weight excluding hydrogens is 306 g/mol. The van der Waals surface area contributed by atoms with Gasteiger partial charge in [0.05, 0.1) is 16.0 Å². The van der Waals surface area contributed by atoms with Gasteiger partial charge in [-0.2, -0.15) is 0 Å². The Morgan fingerprint density at radius 3 is 2.57 bits per heavy atom. The van der Waals surface area contributed by atoms with Crippen molar-refractivity contribution in [2.24, 2.45) is 0 Å². The van der Waals surface area contributed by atoms with Crippen molar-refractivity contribution in [2.75, 3.05) is 12.1 Å². The van der Waals surface area contributed by atoms with E-state index < -0.39 is 0 Å². The maximum Gasteiger partial charge on any atom is 0.358 e. The minimum Gasteiger partial charge on any atom is -0.288 e. The van der Waals surface area contributed by atoms with Gasteiger partial charge in [0, 0.05) is 5.56 Å². The molecule has 2 aromatic carbocycles. The van der Waals surface area contributed by atoms with Gasteiger partial charge in [-0.15, -0.1) is 4.68 Å². The number of thioether (sulfide) groups is 1. The van der Waals surface area contributed by atoms with E-state index in [0.717, 1.165) is 33.1 Å². The number of benzene rings is 2. The van der Waals surface area contributed by atoms with Gasteiger partial charge in [0.15, 0.2) is 0 Å². The number of rotatable bonds is 2. The van der Waals surface area contributed by atoms with Gasteiger partial charge in [0.1, 0.15) is 0 Å². The van der Waals surface area contributed by atoms with Gasteiger partial charge in [-0.05, 0) is 42.0 Å². The normalized spacial score (nSPS) is 11.4. The molecule has 0 aliphatic rings. The van der Waals surface area contributed by atoms with Gasteiger partial charge in [-0.25, -0.2) is 4.98 Å². The minimum absolute atomic E-state index is 0.747. The highest BCUT2D eigenvalue weighted by molar-refractivity contribution is 7.98. The molecule has 0 saturated heterocycles. The average Bonchev–Trinajstić information content (AvgIpc) is 2.92. The number of fused-ring (bicyclic) bond motifs is 3. The fourth-order valence-corrected chi connectivity index (χ4v) is 3.16. The van der Waals surface area contributed by atoms with Crippen LogP contribution in [0.4, 0.5) is 0 Å². The quantitative estimate of drug-likeness (QED) is 0.350. The summed E-state index contributed by atoms with van der Waals surface area (Å²) in [4.78, 5) is 4.81. The van der Waals surface area contributed by atoms with Crippen LogP contribution in [0.15, 0.2) is 53.7 Å². The number of nitrogens with two attached hydrogens (primary N) is 1. The fraction of sp³-hybridized carbons (Fsp3) is 0.118. The topological polar surface area (TPSA) is 60.1 Å². The Bertz CT molecular complexity index is 1020. The molecule has 0 spiro atoms. The van der Waals surface area contributed by atoms with Crippen molar-refractivity contribution in [1.29, 1.82) is 0 Å². The second kappa shape index (κ2) is 5.24. The standard InChI is InChI=1S/C17H16N5S/c1-11-7-9-12(10-8-11)15-19-14-6-4-3-5-13(14)16-21(18)17(23-2)20-22(15)16/h3-10H,18H2,1-2H3/q+1.